The van der Waals surface area contributed by atoms with Gasteiger partial charge in [0.05, 0.1) is 12.7 Å². The summed E-state index contributed by atoms with van der Waals surface area (Å²) >= 11 is 0. The first kappa shape index (κ1) is 25.8. The zero-order chi connectivity index (χ0) is 24.1. The van der Waals surface area contributed by atoms with Gasteiger partial charge < -0.3 is 18.9 Å². The monoisotopic (exact) mass is 448 g/mol. The molecule has 7 heteroatoms. The molecular weight excluding hydrogens is 412 g/mol. The van der Waals surface area contributed by atoms with Crippen LogP contribution in [0.4, 0.5) is 0 Å². The van der Waals surface area contributed by atoms with Gasteiger partial charge in [-0.15, -0.1) is 0 Å². The van der Waals surface area contributed by atoms with E-state index in [9.17, 15) is 14.4 Å². The number of ether oxygens (including phenoxy) is 4. The van der Waals surface area contributed by atoms with E-state index in [4.69, 9.17) is 18.9 Å². The summed E-state index contributed by atoms with van der Waals surface area (Å²) in [5.74, 6) is -1.08. The maximum absolute atomic E-state index is 12.8. The second kappa shape index (κ2) is 10.5. The van der Waals surface area contributed by atoms with Crippen LogP contribution in [-0.4, -0.2) is 49.4 Å². The molecule has 0 spiro atoms. The van der Waals surface area contributed by atoms with Crippen LogP contribution in [0.25, 0.3) is 0 Å². The molecule has 32 heavy (non-hydrogen) atoms. The Morgan fingerprint density at radius 2 is 1.75 bits per heavy atom. The molecule has 0 saturated heterocycles. The Labute approximate surface area is 190 Å². The molecule has 0 aromatic heterocycles. The van der Waals surface area contributed by atoms with E-state index in [0.29, 0.717) is 5.92 Å². The minimum Gasteiger partial charge on any atom is -0.460 e. The number of carbonyl (C=O) groups excluding carboxylic acids is 3. The smallest absolute Gasteiger partial charge is 0.333 e. The first-order valence-electron chi connectivity index (χ1n) is 11.1. The topological polar surface area (TPSA) is 88.1 Å². The van der Waals surface area contributed by atoms with E-state index in [1.54, 1.807) is 6.92 Å². The van der Waals surface area contributed by atoms with E-state index < -0.39 is 30.1 Å². The normalized spacial score (nSPS) is 27.1. The highest BCUT2D eigenvalue weighted by Crippen LogP contribution is 2.66. The van der Waals surface area contributed by atoms with Crippen molar-refractivity contribution in [2.45, 2.75) is 71.7 Å². The molecule has 2 rings (SSSR count). The Balaban J connectivity index is 1.94. The highest BCUT2D eigenvalue weighted by atomic mass is 16.6. The summed E-state index contributed by atoms with van der Waals surface area (Å²) in [6.07, 6.45) is 3.95. The van der Waals surface area contributed by atoms with Crippen molar-refractivity contribution in [1.82, 2.24) is 0 Å². The average Bonchev–Trinajstić information content (AvgIpc) is 3.08. The molecule has 2 fully saturated rings. The zero-order valence-corrected chi connectivity index (χ0v) is 19.7. The van der Waals surface area contributed by atoms with E-state index >= 15 is 0 Å². The summed E-state index contributed by atoms with van der Waals surface area (Å²) in [6, 6.07) is 0. The fourth-order valence-electron chi connectivity index (χ4n) is 4.83. The van der Waals surface area contributed by atoms with E-state index in [0.717, 1.165) is 31.4 Å². The standard InChI is InChI=1S/C25H36O7/c1-8-21(26)30-15-19(29-14-17(4)31-22(27)9-2)12-16(3)23(28)32-20-13-18-10-11-25(20,7)24(18,5)6/h8-9,17-20H,1-3,10-15H2,4-7H3. The number of carbonyl (C=O) groups is 3. The third-order valence-corrected chi connectivity index (χ3v) is 7.35. The second-order valence-corrected chi connectivity index (χ2v) is 9.55. The minimum absolute atomic E-state index is 0.0482. The van der Waals surface area contributed by atoms with Crippen molar-refractivity contribution >= 4 is 17.9 Å². The maximum atomic E-state index is 12.8. The highest BCUT2D eigenvalue weighted by molar-refractivity contribution is 5.88. The predicted octanol–water partition coefficient (Wildman–Crippen LogP) is 3.92. The molecule has 0 radical (unpaired) electrons. The Morgan fingerprint density at radius 1 is 1.09 bits per heavy atom. The molecule has 178 valence electrons. The first-order chi connectivity index (χ1) is 14.9. The number of hydrogen-bond acceptors (Lipinski definition) is 7. The van der Waals surface area contributed by atoms with Crippen molar-refractivity contribution in [1.29, 1.82) is 0 Å². The van der Waals surface area contributed by atoms with Gasteiger partial charge in [0.1, 0.15) is 18.8 Å². The lowest BCUT2D eigenvalue weighted by Gasteiger charge is -2.38. The van der Waals surface area contributed by atoms with Gasteiger partial charge in [0.2, 0.25) is 0 Å². The average molecular weight is 449 g/mol. The van der Waals surface area contributed by atoms with E-state index in [-0.39, 0.29) is 42.1 Å². The lowest BCUT2D eigenvalue weighted by atomic mass is 9.70. The Hall–Kier alpha value is -2.41. The second-order valence-electron chi connectivity index (χ2n) is 9.55. The van der Waals surface area contributed by atoms with Crippen LogP contribution in [0.3, 0.4) is 0 Å². The highest BCUT2D eigenvalue weighted by Gasteiger charge is 2.62. The lowest BCUT2D eigenvalue weighted by molar-refractivity contribution is -0.153. The van der Waals surface area contributed by atoms with Gasteiger partial charge in [0.15, 0.2) is 0 Å². The molecule has 2 aliphatic carbocycles. The summed E-state index contributed by atoms with van der Waals surface area (Å²) in [5.41, 5.74) is 0.320. The molecule has 2 saturated carbocycles. The Morgan fingerprint density at radius 3 is 2.28 bits per heavy atom. The van der Waals surface area contributed by atoms with Crippen LogP contribution >= 0.6 is 0 Å². The predicted molar refractivity (Wildman–Crippen MR) is 120 cm³/mol. The minimum atomic E-state index is -0.657. The molecule has 5 unspecified atom stereocenters. The van der Waals surface area contributed by atoms with Crippen LogP contribution in [0.2, 0.25) is 0 Å². The molecule has 0 aromatic rings. The molecule has 0 aliphatic heterocycles. The summed E-state index contributed by atoms with van der Waals surface area (Å²) in [4.78, 5) is 35.6. The molecule has 2 aliphatic rings. The number of fused-ring (bicyclic) bond motifs is 2. The fraction of sp³-hybridized carbons (Fsp3) is 0.640. The Bertz CT molecular complexity index is 768. The van der Waals surface area contributed by atoms with E-state index in [2.05, 4.69) is 40.5 Å². The molecule has 0 amide bonds. The molecule has 0 aromatic carbocycles. The maximum Gasteiger partial charge on any atom is 0.333 e. The molecular formula is C25H36O7. The molecule has 7 nitrogen and oxygen atoms in total. The van der Waals surface area contributed by atoms with Crippen LogP contribution in [-0.2, 0) is 33.3 Å². The van der Waals surface area contributed by atoms with Gasteiger partial charge in [-0.05, 0) is 37.5 Å². The van der Waals surface area contributed by atoms with Gasteiger partial charge in [-0.25, -0.2) is 14.4 Å². The largest absolute Gasteiger partial charge is 0.460 e. The molecule has 0 N–H and O–H groups in total. The van der Waals surface area contributed by atoms with E-state index in [1.807, 2.05) is 0 Å². The SMILES string of the molecule is C=CC(=O)OCC(CC(=C)C(=O)OC1CC2CCC1(C)C2(C)C)OCC(C)OC(=O)C=C. The zero-order valence-electron chi connectivity index (χ0n) is 19.7. The van der Waals surface area contributed by atoms with Crippen molar-refractivity contribution in [3.8, 4) is 0 Å². The van der Waals surface area contributed by atoms with Gasteiger partial charge in [0, 0.05) is 29.6 Å². The van der Waals surface area contributed by atoms with Gasteiger partial charge in [-0.1, -0.05) is 40.5 Å². The van der Waals surface area contributed by atoms with Crippen molar-refractivity contribution in [2.75, 3.05) is 13.2 Å². The van der Waals surface area contributed by atoms with Gasteiger partial charge in [0.25, 0.3) is 0 Å². The van der Waals surface area contributed by atoms with E-state index in [1.165, 1.54) is 0 Å². The molecule has 2 bridgehead atoms. The summed E-state index contributed by atoms with van der Waals surface area (Å²) in [7, 11) is 0. The third-order valence-electron chi connectivity index (χ3n) is 7.35. The summed E-state index contributed by atoms with van der Waals surface area (Å²) in [5, 5.41) is 0. The third kappa shape index (κ3) is 5.68. The Kier molecular flexibility index (Phi) is 8.46. The summed E-state index contributed by atoms with van der Waals surface area (Å²) in [6.45, 7) is 18.9. The molecule has 0 heterocycles. The van der Waals surface area contributed by atoms with Crippen LogP contribution in [0, 0.1) is 16.7 Å². The summed E-state index contributed by atoms with van der Waals surface area (Å²) < 4.78 is 21.8. The first-order valence-corrected chi connectivity index (χ1v) is 11.1. The van der Waals surface area contributed by atoms with Crippen LogP contribution in [0.5, 0.6) is 0 Å². The quantitative estimate of drug-likeness (QED) is 0.254. The number of hydrogen-bond donors (Lipinski definition) is 0. The van der Waals surface area contributed by atoms with Crippen LogP contribution in [0.1, 0.15) is 53.4 Å². The van der Waals surface area contributed by atoms with Crippen molar-refractivity contribution < 1.29 is 33.3 Å². The van der Waals surface area contributed by atoms with Crippen molar-refractivity contribution in [3.63, 3.8) is 0 Å². The molecule has 5 atom stereocenters. The van der Waals surface area contributed by atoms with Gasteiger partial charge in [-0.2, -0.15) is 0 Å². The van der Waals surface area contributed by atoms with Crippen LogP contribution in [0.15, 0.2) is 37.5 Å². The van der Waals surface area contributed by atoms with Gasteiger partial charge >= 0.3 is 17.9 Å². The van der Waals surface area contributed by atoms with Gasteiger partial charge in [-0.3, -0.25) is 0 Å². The van der Waals surface area contributed by atoms with Crippen molar-refractivity contribution in [3.05, 3.63) is 37.5 Å². The van der Waals surface area contributed by atoms with Crippen LogP contribution < -0.4 is 0 Å². The fourth-order valence-corrected chi connectivity index (χ4v) is 4.83. The number of rotatable bonds is 12. The van der Waals surface area contributed by atoms with Crippen molar-refractivity contribution in [2.24, 2.45) is 16.7 Å². The lowest BCUT2D eigenvalue weighted by Crippen LogP contribution is -2.38. The number of esters is 3.